The van der Waals surface area contributed by atoms with E-state index < -0.39 is 0 Å². The van der Waals surface area contributed by atoms with E-state index in [2.05, 4.69) is 28.1 Å². The maximum atomic E-state index is 5.19. The molecule has 2 nitrogen and oxygen atoms in total. The molecule has 3 heteroatoms. The first kappa shape index (κ1) is 11.7. The van der Waals surface area contributed by atoms with Crippen LogP contribution in [0.5, 0.6) is 0 Å². The van der Waals surface area contributed by atoms with Gasteiger partial charge >= 0.3 is 0 Å². The van der Waals surface area contributed by atoms with Gasteiger partial charge in [0.2, 0.25) is 0 Å². The fourth-order valence-electron chi connectivity index (χ4n) is 1.20. The van der Waals surface area contributed by atoms with E-state index in [9.17, 15) is 0 Å². The number of halogens is 1. The molecular formula is C11H16BrNO. The second kappa shape index (κ2) is 4.91. The highest BCUT2D eigenvalue weighted by Gasteiger charge is 2.16. The van der Waals surface area contributed by atoms with E-state index in [1.165, 1.54) is 5.56 Å². The summed E-state index contributed by atoms with van der Waals surface area (Å²) >= 11 is 3.44. The molecule has 0 aromatic heterocycles. The van der Waals surface area contributed by atoms with E-state index in [0.717, 1.165) is 17.3 Å². The average Bonchev–Trinajstić information content (AvgIpc) is 2.15. The zero-order valence-electron chi connectivity index (χ0n) is 8.59. The van der Waals surface area contributed by atoms with E-state index in [4.69, 9.17) is 10.7 Å². The molecule has 0 bridgehead atoms. The van der Waals surface area contributed by atoms with Crippen LogP contribution in [0.1, 0.15) is 25.8 Å². The molecule has 2 N–H and O–H groups in total. The van der Waals surface area contributed by atoms with Crippen LogP contribution >= 0.6 is 15.9 Å². The molecule has 0 spiro atoms. The van der Waals surface area contributed by atoms with Crippen molar-refractivity contribution in [3.63, 3.8) is 0 Å². The summed E-state index contributed by atoms with van der Waals surface area (Å²) < 4.78 is 1.11. The van der Waals surface area contributed by atoms with Crippen LogP contribution in [0.15, 0.2) is 28.7 Å². The molecule has 78 valence electrons. The largest absolute Gasteiger partial charge is 0.299 e. The molecule has 1 rings (SSSR count). The third-order valence-electron chi connectivity index (χ3n) is 2.22. The Morgan fingerprint density at radius 2 is 2.14 bits per heavy atom. The topological polar surface area (TPSA) is 35.2 Å². The minimum Gasteiger partial charge on any atom is -0.299 e. The van der Waals surface area contributed by atoms with Gasteiger partial charge in [0.1, 0.15) is 0 Å². The van der Waals surface area contributed by atoms with Crippen LogP contribution in [0.4, 0.5) is 0 Å². The maximum absolute atomic E-state index is 5.19. The Morgan fingerprint density at radius 3 is 2.71 bits per heavy atom. The lowest BCUT2D eigenvalue weighted by Crippen LogP contribution is -2.28. The van der Waals surface area contributed by atoms with Gasteiger partial charge in [0.15, 0.2) is 0 Å². The summed E-state index contributed by atoms with van der Waals surface area (Å²) in [6.07, 6.45) is 1.89. The number of rotatable bonds is 4. The van der Waals surface area contributed by atoms with Crippen LogP contribution in [0, 0.1) is 0 Å². The van der Waals surface area contributed by atoms with Gasteiger partial charge in [-0.3, -0.25) is 4.84 Å². The highest BCUT2D eigenvalue weighted by atomic mass is 79.9. The molecule has 0 radical (unpaired) electrons. The van der Waals surface area contributed by atoms with Crippen molar-refractivity contribution in [3.8, 4) is 0 Å². The van der Waals surface area contributed by atoms with E-state index in [1.54, 1.807) is 0 Å². The first-order valence-corrected chi connectivity index (χ1v) is 5.45. The fourth-order valence-corrected chi connectivity index (χ4v) is 1.64. The van der Waals surface area contributed by atoms with Crippen LogP contribution in [-0.2, 0) is 11.3 Å². The Hall–Kier alpha value is -0.380. The van der Waals surface area contributed by atoms with Gasteiger partial charge in [-0.1, -0.05) is 28.1 Å². The van der Waals surface area contributed by atoms with Crippen molar-refractivity contribution in [3.05, 3.63) is 34.3 Å². The Bertz CT molecular complexity index is 299. The predicted molar refractivity (Wildman–Crippen MR) is 61.8 cm³/mol. The molecule has 0 aliphatic rings. The van der Waals surface area contributed by atoms with Crippen LogP contribution in [0.25, 0.3) is 0 Å². The molecule has 0 aliphatic heterocycles. The summed E-state index contributed by atoms with van der Waals surface area (Å²) in [7, 11) is 0. The number of hydrogen-bond acceptors (Lipinski definition) is 2. The van der Waals surface area contributed by atoms with Gasteiger partial charge in [-0.2, -0.15) is 0 Å². The van der Waals surface area contributed by atoms with Gasteiger partial charge in [-0.15, -0.1) is 0 Å². The lowest BCUT2D eigenvalue weighted by molar-refractivity contribution is -0.0250. The zero-order chi connectivity index (χ0) is 10.6. The fraction of sp³-hybridized carbons (Fsp3) is 0.455. The third-order valence-corrected chi connectivity index (χ3v) is 2.72. The van der Waals surface area contributed by atoms with Crippen molar-refractivity contribution in [2.75, 3.05) is 0 Å². The first-order chi connectivity index (χ1) is 6.53. The molecule has 0 atom stereocenters. The zero-order valence-corrected chi connectivity index (χ0v) is 10.2. The molecule has 0 heterocycles. The molecule has 14 heavy (non-hydrogen) atoms. The number of nitrogens with two attached hydrogens (primary N) is 1. The Morgan fingerprint density at radius 1 is 1.43 bits per heavy atom. The predicted octanol–water partition coefficient (Wildman–Crippen LogP) is 3.05. The monoisotopic (exact) mass is 257 g/mol. The SMILES string of the molecule is CC(C)(CCc1cccc(Br)c1)ON. The van der Waals surface area contributed by atoms with E-state index >= 15 is 0 Å². The molecule has 0 saturated heterocycles. The molecule has 0 aliphatic carbocycles. The maximum Gasteiger partial charge on any atom is 0.0841 e. The van der Waals surface area contributed by atoms with E-state index in [1.807, 2.05) is 26.0 Å². The van der Waals surface area contributed by atoms with Crippen LogP contribution in [0.3, 0.4) is 0 Å². The van der Waals surface area contributed by atoms with Gasteiger partial charge in [0.25, 0.3) is 0 Å². The van der Waals surface area contributed by atoms with Gasteiger partial charge in [-0.25, -0.2) is 5.90 Å². The van der Waals surface area contributed by atoms with Crippen molar-refractivity contribution < 1.29 is 4.84 Å². The number of aryl methyl sites for hydroxylation is 1. The average molecular weight is 258 g/mol. The van der Waals surface area contributed by atoms with Gasteiger partial charge in [0, 0.05) is 4.47 Å². The number of benzene rings is 1. The van der Waals surface area contributed by atoms with E-state index in [-0.39, 0.29) is 5.60 Å². The second-order valence-electron chi connectivity index (χ2n) is 4.01. The molecular weight excluding hydrogens is 242 g/mol. The van der Waals surface area contributed by atoms with Gasteiger partial charge in [0.05, 0.1) is 5.60 Å². The van der Waals surface area contributed by atoms with E-state index in [0.29, 0.717) is 0 Å². The van der Waals surface area contributed by atoms with Gasteiger partial charge < -0.3 is 0 Å². The Balaban J connectivity index is 2.54. The summed E-state index contributed by atoms with van der Waals surface area (Å²) in [4.78, 5) is 4.88. The number of hydrogen-bond donors (Lipinski definition) is 1. The first-order valence-electron chi connectivity index (χ1n) is 4.66. The summed E-state index contributed by atoms with van der Waals surface area (Å²) in [5.41, 5.74) is 1.05. The third kappa shape index (κ3) is 3.78. The van der Waals surface area contributed by atoms with Crippen molar-refractivity contribution in [1.82, 2.24) is 0 Å². The van der Waals surface area contributed by atoms with Crippen molar-refractivity contribution in [1.29, 1.82) is 0 Å². The molecule has 0 unspecified atom stereocenters. The van der Waals surface area contributed by atoms with Crippen LogP contribution in [-0.4, -0.2) is 5.60 Å². The van der Waals surface area contributed by atoms with Gasteiger partial charge in [-0.05, 0) is 44.4 Å². The standard InChI is InChI=1S/C11H16BrNO/c1-11(2,14-13)7-6-9-4-3-5-10(12)8-9/h3-5,8H,6-7,13H2,1-2H3. The smallest absolute Gasteiger partial charge is 0.0841 e. The summed E-state index contributed by atoms with van der Waals surface area (Å²) in [5.74, 6) is 5.19. The second-order valence-corrected chi connectivity index (χ2v) is 4.92. The normalized spacial score (nSPS) is 11.7. The summed E-state index contributed by atoms with van der Waals surface area (Å²) in [5, 5.41) is 0. The summed E-state index contributed by atoms with van der Waals surface area (Å²) in [6.45, 7) is 3.98. The lowest BCUT2D eigenvalue weighted by atomic mass is 9.99. The minimum absolute atomic E-state index is 0.248. The van der Waals surface area contributed by atoms with Crippen molar-refractivity contribution in [2.45, 2.75) is 32.3 Å². The minimum atomic E-state index is -0.248. The van der Waals surface area contributed by atoms with Crippen molar-refractivity contribution in [2.24, 2.45) is 5.90 Å². The summed E-state index contributed by atoms with van der Waals surface area (Å²) in [6, 6.07) is 8.29. The molecule has 0 amide bonds. The Labute approximate surface area is 93.5 Å². The quantitative estimate of drug-likeness (QED) is 0.842. The molecule has 1 aromatic rings. The molecule has 1 aromatic carbocycles. The highest BCUT2D eigenvalue weighted by Crippen LogP contribution is 2.18. The van der Waals surface area contributed by atoms with Crippen molar-refractivity contribution >= 4 is 15.9 Å². The highest BCUT2D eigenvalue weighted by molar-refractivity contribution is 9.10. The van der Waals surface area contributed by atoms with Crippen LogP contribution < -0.4 is 5.90 Å². The molecule has 0 fully saturated rings. The van der Waals surface area contributed by atoms with Crippen LogP contribution in [0.2, 0.25) is 0 Å². The molecule has 0 saturated carbocycles. The Kier molecular flexibility index (Phi) is 4.11. The lowest BCUT2D eigenvalue weighted by Gasteiger charge is -2.21.